The molecule has 1 N–H and O–H groups in total. The summed E-state index contributed by atoms with van der Waals surface area (Å²) in [7, 11) is 0. The van der Waals surface area contributed by atoms with Gasteiger partial charge in [0.05, 0.1) is 5.69 Å². The minimum absolute atomic E-state index is 0.149. The molecule has 2 aromatic rings. The fourth-order valence-corrected chi connectivity index (χ4v) is 2.67. The van der Waals surface area contributed by atoms with Gasteiger partial charge in [0, 0.05) is 17.9 Å². The van der Waals surface area contributed by atoms with Crippen molar-refractivity contribution < 1.29 is 4.52 Å². The van der Waals surface area contributed by atoms with Crippen LogP contribution in [0.2, 0.25) is 0 Å². The number of nitrogens with zero attached hydrogens (tertiary/aromatic N) is 3. The highest BCUT2D eigenvalue weighted by Crippen LogP contribution is 2.39. The van der Waals surface area contributed by atoms with E-state index in [4.69, 9.17) is 4.52 Å². The molecule has 0 saturated heterocycles. The first-order chi connectivity index (χ1) is 9.29. The lowest BCUT2D eigenvalue weighted by Crippen LogP contribution is -2.19. The van der Waals surface area contributed by atoms with Gasteiger partial charge in [-0.15, -0.1) is 0 Å². The van der Waals surface area contributed by atoms with Crippen LogP contribution in [0.3, 0.4) is 0 Å². The molecule has 1 fully saturated rings. The fraction of sp³-hybridized carbons (Fsp3) is 0.538. The zero-order valence-electron chi connectivity index (χ0n) is 10.4. The molecule has 0 radical (unpaired) electrons. The molecule has 19 heavy (non-hydrogen) atoms. The van der Waals surface area contributed by atoms with Crippen LogP contribution in [-0.4, -0.2) is 20.3 Å². The Hall–Kier alpha value is -1.98. The molecule has 2 aliphatic rings. The Kier molecular flexibility index (Phi) is 2.30. The first-order valence-corrected chi connectivity index (χ1v) is 6.70. The minimum Gasteiger partial charge on any atom is -0.339 e. The Morgan fingerprint density at radius 1 is 1.26 bits per heavy atom. The average Bonchev–Trinajstić information content (AvgIpc) is 3.16. The van der Waals surface area contributed by atoms with Crippen molar-refractivity contribution in [3.8, 4) is 0 Å². The van der Waals surface area contributed by atoms with Gasteiger partial charge in [-0.25, -0.2) is 5.10 Å². The van der Waals surface area contributed by atoms with Gasteiger partial charge in [0.15, 0.2) is 5.82 Å². The maximum Gasteiger partial charge on any atom is 0.264 e. The summed E-state index contributed by atoms with van der Waals surface area (Å²) in [5, 5.41) is 10.6. The maximum absolute atomic E-state index is 11.3. The van der Waals surface area contributed by atoms with E-state index in [2.05, 4.69) is 20.3 Å². The summed E-state index contributed by atoms with van der Waals surface area (Å²) >= 11 is 0. The number of H-pyrrole nitrogens is 1. The summed E-state index contributed by atoms with van der Waals surface area (Å²) in [4.78, 5) is 15.8. The number of aromatic nitrogens is 4. The first-order valence-electron chi connectivity index (χ1n) is 6.70. The van der Waals surface area contributed by atoms with Gasteiger partial charge in [0.25, 0.3) is 5.56 Å². The van der Waals surface area contributed by atoms with E-state index >= 15 is 0 Å². The third-order valence-electron chi connectivity index (χ3n) is 3.92. The second-order valence-corrected chi connectivity index (χ2v) is 5.41. The van der Waals surface area contributed by atoms with Crippen LogP contribution in [0.25, 0.3) is 0 Å². The molecule has 2 heterocycles. The summed E-state index contributed by atoms with van der Waals surface area (Å²) in [6, 6.07) is 1.63. The highest BCUT2D eigenvalue weighted by atomic mass is 16.5. The summed E-state index contributed by atoms with van der Waals surface area (Å²) in [5.41, 5.74) is 1.84. The third kappa shape index (κ3) is 1.97. The Bertz CT molecular complexity index is 671. The van der Waals surface area contributed by atoms with Crippen molar-refractivity contribution >= 4 is 0 Å². The highest BCUT2D eigenvalue weighted by Gasteiger charge is 2.31. The van der Waals surface area contributed by atoms with E-state index in [1.165, 1.54) is 12.8 Å². The van der Waals surface area contributed by atoms with E-state index in [0.717, 1.165) is 36.3 Å². The molecule has 6 nitrogen and oxygen atoms in total. The number of nitrogens with one attached hydrogen (secondary N) is 1. The van der Waals surface area contributed by atoms with Crippen molar-refractivity contribution in [3.63, 3.8) is 0 Å². The Morgan fingerprint density at radius 3 is 3.00 bits per heavy atom. The highest BCUT2D eigenvalue weighted by molar-refractivity contribution is 5.24. The summed E-state index contributed by atoms with van der Waals surface area (Å²) in [6.07, 6.45) is 4.90. The van der Waals surface area contributed by atoms with E-state index < -0.39 is 0 Å². The van der Waals surface area contributed by atoms with Crippen LogP contribution in [0.15, 0.2) is 15.4 Å². The normalized spacial score (nSPS) is 22.2. The fourth-order valence-electron chi connectivity index (χ4n) is 2.67. The van der Waals surface area contributed by atoms with Gasteiger partial charge in [-0.2, -0.15) is 10.1 Å². The summed E-state index contributed by atoms with van der Waals surface area (Å²) in [6.45, 7) is 0. The molecule has 0 amide bonds. The second-order valence-electron chi connectivity index (χ2n) is 5.41. The number of rotatable bonds is 2. The van der Waals surface area contributed by atoms with Crippen LogP contribution >= 0.6 is 0 Å². The van der Waals surface area contributed by atoms with E-state index in [9.17, 15) is 4.79 Å². The van der Waals surface area contributed by atoms with Crippen molar-refractivity contribution in [3.05, 3.63) is 39.4 Å². The van der Waals surface area contributed by atoms with Crippen LogP contribution < -0.4 is 5.56 Å². The molecule has 2 aliphatic carbocycles. The van der Waals surface area contributed by atoms with Crippen LogP contribution in [0.1, 0.15) is 54.1 Å². The Labute approximate surface area is 109 Å². The summed E-state index contributed by atoms with van der Waals surface area (Å²) in [5.74, 6) is 2.30. The van der Waals surface area contributed by atoms with Gasteiger partial charge in [0.1, 0.15) is 0 Å². The van der Waals surface area contributed by atoms with E-state index in [1.54, 1.807) is 6.07 Å². The molecule has 1 atom stereocenters. The van der Waals surface area contributed by atoms with Gasteiger partial charge >= 0.3 is 0 Å². The predicted molar refractivity (Wildman–Crippen MR) is 65.9 cm³/mol. The molecule has 98 valence electrons. The molecule has 6 heteroatoms. The largest absolute Gasteiger partial charge is 0.339 e. The molecule has 0 aliphatic heterocycles. The van der Waals surface area contributed by atoms with Crippen molar-refractivity contribution in [1.82, 2.24) is 20.3 Å². The van der Waals surface area contributed by atoms with Gasteiger partial charge in [-0.3, -0.25) is 4.79 Å². The van der Waals surface area contributed by atoms with E-state index in [0.29, 0.717) is 11.8 Å². The molecule has 2 aromatic heterocycles. The Morgan fingerprint density at radius 2 is 2.16 bits per heavy atom. The van der Waals surface area contributed by atoms with E-state index in [1.807, 2.05) is 0 Å². The van der Waals surface area contributed by atoms with Crippen LogP contribution in [-0.2, 0) is 12.8 Å². The van der Waals surface area contributed by atoms with Gasteiger partial charge in [-0.1, -0.05) is 5.16 Å². The molecule has 0 aromatic carbocycles. The van der Waals surface area contributed by atoms with Gasteiger partial charge in [-0.05, 0) is 37.7 Å². The van der Waals surface area contributed by atoms with Crippen LogP contribution in [0.4, 0.5) is 0 Å². The molecule has 4 rings (SSSR count). The predicted octanol–water partition coefficient (Wildman–Crippen LogP) is 1.30. The quantitative estimate of drug-likeness (QED) is 0.877. The van der Waals surface area contributed by atoms with Crippen molar-refractivity contribution in [2.24, 2.45) is 0 Å². The monoisotopic (exact) mass is 258 g/mol. The topological polar surface area (TPSA) is 84.7 Å². The number of aromatic amines is 1. The molecular formula is C13H14N4O2. The van der Waals surface area contributed by atoms with Crippen molar-refractivity contribution in [1.29, 1.82) is 0 Å². The smallest absolute Gasteiger partial charge is 0.264 e. The molecule has 0 bridgehead atoms. The molecular weight excluding hydrogens is 244 g/mol. The molecule has 1 saturated carbocycles. The lowest BCUT2D eigenvalue weighted by atomic mass is 9.87. The SMILES string of the molecule is O=c1cc2c(n[nH]1)CCC(c1nc(C3CC3)no1)C2. The lowest BCUT2D eigenvalue weighted by molar-refractivity contribution is 0.336. The molecule has 1 unspecified atom stereocenters. The van der Waals surface area contributed by atoms with Crippen molar-refractivity contribution in [2.75, 3.05) is 0 Å². The van der Waals surface area contributed by atoms with Gasteiger partial charge in [0.2, 0.25) is 5.89 Å². The number of hydrogen-bond acceptors (Lipinski definition) is 5. The number of fused-ring (bicyclic) bond motifs is 1. The summed E-state index contributed by atoms with van der Waals surface area (Å²) < 4.78 is 5.38. The van der Waals surface area contributed by atoms with E-state index in [-0.39, 0.29) is 11.5 Å². The second kappa shape index (κ2) is 4.01. The lowest BCUT2D eigenvalue weighted by Gasteiger charge is -2.19. The third-order valence-corrected chi connectivity index (χ3v) is 3.92. The zero-order chi connectivity index (χ0) is 12.8. The van der Waals surface area contributed by atoms with Crippen LogP contribution in [0.5, 0.6) is 0 Å². The average molecular weight is 258 g/mol. The number of hydrogen-bond donors (Lipinski definition) is 1. The van der Waals surface area contributed by atoms with Crippen molar-refractivity contribution in [2.45, 2.75) is 43.9 Å². The van der Waals surface area contributed by atoms with Gasteiger partial charge < -0.3 is 4.52 Å². The first kappa shape index (κ1) is 10.9. The number of aryl methyl sites for hydroxylation is 1. The molecule has 0 spiro atoms. The van der Waals surface area contributed by atoms with Crippen LogP contribution in [0, 0.1) is 0 Å². The minimum atomic E-state index is -0.149. The maximum atomic E-state index is 11.3. The zero-order valence-corrected chi connectivity index (χ0v) is 10.4. The standard InChI is InChI=1S/C13H14N4O2/c18-11-6-9-5-8(3-4-10(9)15-16-11)13-14-12(17-19-13)7-1-2-7/h6-8H,1-5H2,(H,16,18). The Balaban J connectivity index is 1.61.